The van der Waals surface area contributed by atoms with Crippen molar-refractivity contribution in [1.82, 2.24) is 10.2 Å². The van der Waals surface area contributed by atoms with Gasteiger partial charge in [-0.15, -0.1) is 0 Å². The maximum absolute atomic E-state index is 5.39. The van der Waals surface area contributed by atoms with Gasteiger partial charge in [0.2, 0.25) is 0 Å². The molecule has 1 N–H and O–H groups in total. The van der Waals surface area contributed by atoms with Crippen molar-refractivity contribution in [2.75, 3.05) is 27.2 Å². The Morgan fingerprint density at radius 2 is 2.00 bits per heavy atom. The molecule has 1 aromatic rings. The number of aryl methyl sites for hydroxylation is 1. The molecule has 0 spiro atoms. The molecule has 2 atom stereocenters. The molecule has 2 aliphatic rings. The predicted octanol–water partition coefficient (Wildman–Crippen LogP) is 2.63. The van der Waals surface area contributed by atoms with Gasteiger partial charge in [0.25, 0.3) is 0 Å². The maximum atomic E-state index is 5.39. The lowest BCUT2D eigenvalue weighted by atomic mass is 9.86. The highest BCUT2D eigenvalue weighted by atomic mass is 16.5. The molecular weight excluding hydrogens is 260 g/mol. The normalized spacial score (nSPS) is 26.2. The number of benzene rings is 1. The molecule has 1 aromatic carbocycles. The van der Waals surface area contributed by atoms with Gasteiger partial charge in [0.05, 0.1) is 7.11 Å². The van der Waals surface area contributed by atoms with E-state index >= 15 is 0 Å². The summed E-state index contributed by atoms with van der Waals surface area (Å²) in [5, 5.41) is 3.52. The summed E-state index contributed by atoms with van der Waals surface area (Å²) in [5.41, 5.74) is 3.01. The van der Waals surface area contributed by atoms with Crippen molar-refractivity contribution < 1.29 is 4.74 Å². The van der Waals surface area contributed by atoms with Crippen molar-refractivity contribution >= 4 is 0 Å². The van der Waals surface area contributed by atoms with Crippen LogP contribution >= 0.6 is 0 Å². The quantitative estimate of drug-likeness (QED) is 0.925. The molecule has 3 rings (SSSR count). The van der Waals surface area contributed by atoms with E-state index in [0.29, 0.717) is 6.04 Å². The minimum absolute atomic E-state index is 0.688. The minimum atomic E-state index is 0.688. The molecule has 1 fully saturated rings. The molecule has 1 aliphatic heterocycles. The van der Waals surface area contributed by atoms with E-state index in [2.05, 4.69) is 35.5 Å². The van der Waals surface area contributed by atoms with Crippen molar-refractivity contribution in [1.29, 1.82) is 0 Å². The van der Waals surface area contributed by atoms with Crippen LogP contribution in [0.5, 0.6) is 5.75 Å². The molecule has 0 amide bonds. The van der Waals surface area contributed by atoms with Crippen LogP contribution in [0.2, 0.25) is 0 Å². The topological polar surface area (TPSA) is 24.5 Å². The highest BCUT2D eigenvalue weighted by Crippen LogP contribution is 2.29. The van der Waals surface area contributed by atoms with Gasteiger partial charge in [0.15, 0.2) is 0 Å². The largest absolute Gasteiger partial charge is 0.497 e. The van der Waals surface area contributed by atoms with Gasteiger partial charge in [-0.3, -0.25) is 0 Å². The number of rotatable bonds is 3. The number of hydrogen-bond acceptors (Lipinski definition) is 3. The fraction of sp³-hybridized carbons (Fsp3) is 0.667. The third-order valence-corrected chi connectivity index (χ3v) is 5.31. The molecule has 3 nitrogen and oxygen atoms in total. The predicted molar refractivity (Wildman–Crippen MR) is 87.1 cm³/mol. The molecule has 0 saturated carbocycles. The standard InChI is InChI=1S/C18H28N2O/c1-20(16-4-3-10-19-11-9-16)17-7-5-14-6-8-18(21-2)13-15(14)12-17/h6,8,13,16-17,19H,3-5,7,9-12H2,1-2H3. The number of nitrogens with one attached hydrogen (secondary N) is 1. The van der Waals surface area contributed by atoms with Gasteiger partial charge in [0.1, 0.15) is 5.75 Å². The highest BCUT2D eigenvalue weighted by molar-refractivity contribution is 5.37. The Labute approximate surface area is 128 Å². The van der Waals surface area contributed by atoms with Gasteiger partial charge in [-0.1, -0.05) is 6.07 Å². The van der Waals surface area contributed by atoms with E-state index in [1.54, 1.807) is 7.11 Å². The van der Waals surface area contributed by atoms with E-state index in [9.17, 15) is 0 Å². The summed E-state index contributed by atoms with van der Waals surface area (Å²) in [6, 6.07) is 8.02. The fourth-order valence-electron chi connectivity index (χ4n) is 3.89. The molecule has 21 heavy (non-hydrogen) atoms. The number of nitrogens with zero attached hydrogens (tertiary/aromatic N) is 1. The average Bonchev–Trinajstić information content (AvgIpc) is 2.82. The summed E-state index contributed by atoms with van der Waals surface area (Å²) < 4.78 is 5.39. The van der Waals surface area contributed by atoms with Crippen molar-refractivity contribution in [3.05, 3.63) is 29.3 Å². The van der Waals surface area contributed by atoms with Gasteiger partial charge in [-0.25, -0.2) is 0 Å². The Hall–Kier alpha value is -1.06. The van der Waals surface area contributed by atoms with Gasteiger partial charge in [-0.05, 0) is 81.9 Å². The highest BCUT2D eigenvalue weighted by Gasteiger charge is 2.27. The molecular formula is C18H28N2O. The SMILES string of the molecule is COc1ccc2c(c1)CC(N(C)C1CCCNCC1)CC2. The summed E-state index contributed by atoms with van der Waals surface area (Å²) in [6.07, 6.45) is 7.61. The van der Waals surface area contributed by atoms with Crippen molar-refractivity contribution in [2.24, 2.45) is 0 Å². The van der Waals surface area contributed by atoms with Crippen LogP contribution in [0, 0.1) is 0 Å². The zero-order valence-corrected chi connectivity index (χ0v) is 13.4. The Balaban J connectivity index is 1.69. The molecule has 3 heteroatoms. The van der Waals surface area contributed by atoms with Crippen LogP contribution < -0.4 is 10.1 Å². The monoisotopic (exact) mass is 288 g/mol. The zero-order chi connectivity index (χ0) is 14.7. The lowest BCUT2D eigenvalue weighted by Crippen LogP contribution is -2.43. The van der Waals surface area contributed by atoms with E-state index in [-0.39, 0.29) is 0 Å². The first kappa shape index (κ1) is 14.9. The summed E-state index contributed by atoms with van der Waals surface area (Å²) >= 11 is 0. The number of ether oxygens (including phenoxy) is 1. The van der Waals surface area contributed by atoms with Gasteiger partial charge < -0.3 is 15.0 Å². The lowest BCUT2D eigenvalue weighted by molar-refractivity contribution is 0.147. The van der Waals surface area contributed by atoms with Crippen LogP contribution in [0.3, 0.4) is 0 Å². The third kappa shape index (κ3) is 3.41. The second-order valence-corrected chi connectivity index (χ2v) is 6.53. The molecule has 2 unspecified atom stereocenters. The maximum Gasteiger partial charge on any atom is 0.119 e. The number of fused-ring (bicyclic) bond motifs is 1. The number of methoxy groups -OCH3 is 1. The van der Waals surface area contributed by atoms with Gasteiger partial charge in [-0.2, -0.15) is 0 Å². The van der Waals surface area contributed by atoms with Crippen LogP contribution in [-0.2, 0) is 12.8 Å². The lowest BCUT2D eigenvalue weighted by Gasteiger charge is -2.37. The van der Waals surface area contributed by atoms with E-state index in [1.165, 1.54) is 62.7 Å². The van der Waals surface area contributed by atoms with Crippen LogP contribution in [0.4, 0.5) is 0 Å². The van der Waals surface area contributed by atoms with Crippen LogP contribution in [0.15, 0.2) is 18.2 Å². The summed E-state index contributed by atoms with van der Waals surface area (Å²) in [7, 11) is 4.10. The average molecular weight is 288 g/mol. The van der Waals surface area contributed by atoms with Crippen molar-refractivity contribution in [2.45, 2.75) is 50.6 Å². The first-order valence-corrected chi connectivity index (χ1v) is 8.36. The molecule has 1 aliphatic carbocycles. The van der Waals surface area contributed by atoms with E-state index < -0.39 is 0 Å². The summed E-state index contributed by atoms with van der Waals surface area (Å²) in [5.74, 6) is 0.996. The van der Waals surface area contributed by atoms with Crippen LogP contribution in [-0.4, -0.2) is 44.2 Å². The van der Waals surface area contributed by atoms with Crippen LogP contribution in [0.1, 0.15) is 36.8 Å². The Morgan fingerprint density at radius 1 is 1.10 bits per heavy atom. The first-order chi connectivity index (χ1) is 10.3. The molecule has 1 saturated heterocycles. The Kier molecular flexibility index (Phi) is 4.81. The minimum Gasteiger partial charge on any atom is -0.497 e. The van der Waals surface area contributed by atoms with Gasteiger partial charge in [0, 0.05) is 12.1 Å². The smallest absolute Gasteiger partial charge is 0.119 e. The molecule has 0 radical (unpaired) electrons. The Bertz CT molecular complexity index is 466. The molecule has 0 bridgehead atoms. The van der Waals surface area contributed by atoms with E-state index in [0.717, 1.165) is 11.8 Å². The van der Waals surface area contributed by atoms with Gasteiger partial charge >= 0.3 is 0 Å². The first-order valence-electron chi connectivity index (χ1n) is 8.36. The number of likely N-dealkylation sites (N-methyl/N-ethyl adjacent to an activating group) is 1. The van der Waals surface area contributed by atoms with E-state index in [1.807, 2.05) is 0 Å². The molecule has 1 heterocycles. The second-order valence-electron chi connectivity index (χ2n) is 6.53. The number of hydrogen-bond donors (Lipinski definition) is 1. The third-order valence-electron chi connectivity index (χ3n) is 5.31. The molecule has 116 valence electrons. The zero-order valence-electron chi connectivity index (χ0n) is 13.4. The van der Waals surface area contributed by atoms with E-state index in [4.69, 9.17) is 4.74 Å². The Morgan fingerprint density at radius 3 is 2.86 bits per heavy atom. The van der Waals surface area contributed by atoms with Crippen LogP contribution in [0.25, 0.3) is 0 Å². The summed E-state index contributed by atoms with van der Waals surface area (Å²) in [4.78, 5) is 2.66. The fourth-order valence-corrected chi connectivity index (χ4v) is 3.89. The van der Waals surface area contributed by atoms with Crippen molar-refractivity contribution in [3.63, 3.8) is 0 Å². The summed E-state index contributed by atoms with van der Waals surface area (Å²) in [6.45, 7) is 2.36. The molecule has 0 aromatic heterocycles. The second kappa shape index (κ2) is 6.80. The van der Waals surface area contributed by atoms with Crippen molar-refractivity contribution in [3.8, 4) is 5.75 Å².